The van der Waals surface area contributed by atoms with E-state index in [1.165, 1.54) is 11.1 Å². The average molecular weight is 288 g/mol. The maximum absolute atomic E-state index is 12.5. The number of anilines is 1. The maximum atomic E-state index is 12.5. The zero-order chi connectivity index (χ0) is 15.3. The van der Waals surface area contributed by atoms with Crippen LogP contribution >= 0.6 is 0 Å². The van der Waals surface area contributed by atoms with Crippen LogP contribution in [0.2, 0.25) is 0 Å². The topological polar surface area (TPSA) is 55.6 Å². The first-order chi connectivity index (χ1) is 9.79. The molecule has 3 rings (SSSR count). The lowest BCUT2D eigenvalue weighted by Crippen LogP contribution is -2.46. The Bertz CT molecular complexity index is 571. The van der Waals surface area contributed by atoms with E-state index >= 15 is 0 Å². The van der Waals surface area contributed by atoms with Crippen LogP contribution in [-0.2, 0) is 17.6 Å². The van der Waals surface area contributed by atoms with Crippen molar-refractivity contribution >= 4 is 11.8 Å². The summed E-state index contributed by atoms with van der Waals surface area (Å²) in [5.41, 5.74) is 8.81. The number of fused-ring (bicyclic) bond motifs is 1. The first kappa shape index (κ1) is 14.2. The second-order valence-corrected chi connectivity index (χ2v) is 7.31. The fraction of sp³-hybridized carbons (Fsp3) is 0.588. The molecule has 1 saturated carbocycles. The zero-order valence-corrected chi connectivity index (χ0v) is 13.1. The molecule has 2 aliphatic rings. The van der Waals surface area contributed by atoms with Crippen LogP contribution in [0.15, 0.2) is 18.2 Å². The van der Waals surface area contributed by atoms with Crippen molar-refractivity contribution in [3.05, 3.63) is 29.3 Å². The summed E-state index contributed by atoms with van der Waals surface area (Å²) in [5.74, 6) is 0. The second-order valence-electron chi connectivity index (χ2n) is 7.31. The van der Waals surface area contributed by atoms with E-state index in [0.717, 1.165) is 31.4 Å². The summed E-state index contributed by atoms with van der Waals surface area (Å²) >= 11 is 0. The number of amides is 1. The molecule has 0 aromatic heterocycles. The Kier molecular flexibility index (Phi) is 3.15. The van der Waals surface area contributed by atoms with Crippen LogP contribution in [0.5, 0.6) is 0 Å². The largest absolute Gasteiger partial charge is 0.444 e. The van der Waals surface area contributed by atoms with Crippen LogP contribution < -0.4 is 5.73 Å². The van der Waals surface area contributed by atoms with Gasteiger partial charge in [-0.25, -0.2) is 4.79 Å². The lowest BCUT2D eigenvalue weighted by molar-refractivity contribution is 0.0139. The molecular weight excluding hydrogens is 264 g/mol. The van der Waals surface area contributed by atoms with Crippen molar-refractivity contribution in [1.29, 1.82) is 0 Å². The van der Waals surface area contributed by atoms with E-state index in [4.69, 9.17) is 10.5 Å². The van der Waals surface area contributed by atoms with Gasteiger partial charge in [-0.2, -0.15) is 0 Å². The van der Waals surface area contributed by atoms with E-state index in [1.54, 1.807) is 0 Å². The monoisotopic (exact) mass is 288 g/mol. The van der Waals surface area contributed by atoms with E-state index in [0.29, 0.717) is 6.54 Å². The standard InChI is InChI=1S/C17H24N2O2/c1-16(2,3)21-15(20)19-9-6-12-10-14(18)5-4-13(12)11-17(19)7-8-17/h4-5,10H,6-9,11,18H2,1-3H3. The van der Waals surface area contributed by atoms with Gasteiger partial charge in [-0.15, -0.1) is 0 Å². The van der Waals surface area contributed by atoms with Gasteiger partial charge in [0.15, 0.2) is 0 Å². The zero-order valence-electron chi connectivity index (χ0n) is 13.1. The molecule has 1 fully saturated rings. The molecule has 4 heteroatoms. The number of hydrogen-bond acceptors (Lipinski definition) is 3. The fourth-order valence-corrected chi connectivity index (χ4v) is 3.16. The number of nitrogens with zero attached hydrogens (tertiary/aromatic N) is 1. The van der Waals surface area contributed by atoms with Crippen LogP contribution in [0, 0.1) is 0 Å². The summed E-state index contributed by atoms with van der Waals surface area (Å²) in [6, 6.07) is 6.12. The van der Waals surface area contributed by atoms with Crippen molar-refractivity contribution < 1.29 is 9.53 Å². The smallest absolute Gasteiger partial charge is 0.410 e. The first-order valence-corrected chi connectivity index (χ1v) is 7.67. The lowest BCUT2D eigenvalue weighted by atomic mass is 9.98. The molecule has 1 heterocycles. The third-order valence-electron chi connectivity index (χ3n) is 4.37. The summed E-state index contributed by atoms with van der Waals surface area (Å²) < 4.78 is 5.59. The predicted molar refractivity (Wildman–Crippen MR) is 83.2 cm³/mol. The van der Waals surface area contributed by atoms with Gasteiger partial charge in [-0.1, -0.05) is 6.07 Å². The van der Waals surface area contributed by atoms with Gasteiger partial charge in [0.2, 0.25) is 0 Å². The number of carbonyl (C=O) groups excluding carboxylic acids is 1. The van der Waals surface area contributed by atoms with E-state index in [1.807, 2.05) is 37.8 Å². The van der Waals surface area contributed by atoms with Crippen molar-refractivity contribution in [2.75, 3.05) is 12.3 Å². The molecule has 1 aromatic carbocycles. The third-order valence-corrected chi connectivity index (χ3v) is 4.37. The Labute approximate surface area is 126 Å². The quantitative estimate of drug-likeness (QED) is 0.746. The summed E-state index contributed by atoms with van der Waals surface area (Å²) in [4.78, 5) is 14.5. The van der Waals surface area contributed by atoms with Crippen LogP contribution in [0.25, 0.3) is 0 Å². The second kappa shape index (κ2) is 4.65. The van der Waals surface area contributed by atoms with Gasteiger partial charge in [0.1, 0.15) is 5.60 Å². The lowest BCUT2D eigenvalue weighted by Gasteiger charge is -2.32. The van der Waals surface area contributed by atoms with Crippen LogP contribution in [0.4, 0.5) is 10.5 Å². The molecule has 1 aliphatic heterocycles. The minimum atomic E-state index is -0.448. The summed E-state index contributed by atoms with van der Waals surface area (Å²) in [5, 5.41) is 0. The Hall–Kier alpha value is -1.71. The van der Waals surface area contributed by atoms with Crippen LogP contribution in [0.3, 0.4) is 0 Å². The Morgan fingerprint density at radius 1 is 1.29 bits per heavy atom. The highest BCUT2D eigenvalue weighted by Gasteiger charge is 2.52. The van der Waals surface area contributed by atoms with Crippen molar-refractivity contribution in [3.63, 3.8) is 0 Å². The Morgan fingerprint density at radius 3 is 2.62 bits per heavy atom. The van der Waals surface area contributed by atoms with Crippen molar-refractivity contribution in [3.8, 4) is 0 Å². The predicted octanol–water partition coefficient (Wildman–Crippen LogP) is 3.14. The van der Waals surface area contributed by atoms with E-state index < -0.39 is 5.60 Å². The number of rotatable bonds is 0. The first-order valence-electron chi connectivity index (χ1n) is 7.67. The van der Waals surface area contributed by atoms with Gasteiger partial charge < -0.3 is 15.4 Å². The Balaban J connectivity index is 1.84. The summed E-state index contributed by atoms with van der Waals surface area (Å²) in [6.45, 7) is 6.46. The molecule has 0 bridgehead atoms. The third kappa shape index (κ3) is 2.85. The van der Waals surface area contributed by atoms with Gasteiger partial charge in [0.05, 0.1) is 5.54 Å². The minimum absolute atomic E-state index is 0.0241. The van der Waals surface area contributed by atoms with Crippen LogP contribution in [-0.4, -0.2) is 28.7 Å². The molecule has 21 heavy (non-hydrogen) atoms. The Morgan fingerprint density at radius 2 is 2.00 bits per heavy atom. The molecule has 1 spiro atoms. The number of nitrogen functional groups attached to an aromatic ring is 1. The SMILES string of the molecule is CC(C)(C)OC(=O)N1CCc2cc(N)ccc2CC12CC2. The number of carbonyl (C=O) groups is 1. The molecular formula is C17H24N2O2. The molecule has 114 valence electrons. The van der Waals surface area contributed by atoms with E-state index in [-0.39, 0.29) is 11.6 Å². The molecule has 1 aromatic rings. The van der Waals surface area contributed by atoms with Crippen molar-refractivity contribution in [1.82, 2.24) is 4.90 Å². The van der Waals surface area contributed by atoms with Gasteiger partial charge in [0, 0.05) is 12.2 Å². The summed E-state index contributed by atoms with van der Waals surface area (Å²) in [7, 11) is 0. The fourth-order valence-electron chi connectivity index (χ4n) is 3.16. The van der Waals surface area contributed by atoms with Gasteiger partial charge >= 0.3 is 6.09 Å². The number of hydrogen-bond donors (Lipinski definition) is 1. The van der Waals surface area contributed by atoms with Gasteiger partial charge in [0.25, 0.3) is 0 Å². The molecule has 0 atom stereocenters. The molecule has 2 N–H and O–H groups in total. The molecule has 1 aliphatic carbocycles. The highest BCUT2D eigenvalue weighted by Crippen LogP contribution is 2.47. The van der Waals surface area contributed by atoms with Crippen molar-refractivity contribution in [2.24, 2.45) is 0 Å². The molecule has 0 saturated heterocycles. The minimum Gasteiger partial charge on any atom is -0.444 e. The van der Waals surface area contributed by atoms with E-state index in [9.17, 15) is 4.79 Å². The number of ether oxygens (including phenoxy) is 1. The highest BCUT2D eigenvalue weighted by molar-refractivity contribution is 5.70. The van der Waals surface area contributed by atoms with Gasteiger partial charge in [-0.3, -0.25) is 0 Å². The van der Waals surface area contributed by atoms with E-state index in [2.05, 4.69) is 6.07 Å². The molecule has 0 unspecified atom stereocenters. The highest BCUT2D eigenvalue weighted by atomic mass is 16.6. The maximum Gasteiger partial charge on any atom is 0.410 e. The average Bonchev–Trinajstić information content (AvgIpc) is 3.13. The van der Waals surface area contributed by atoms with Gasteiger partial charge in [-0.05, 0) is 69.7 Å². The summed E-state index contributed by atoms with van der Waals surface area (Å²) in [6.07, 6.45) is 3.72. The normalized spacial score (nSPS) is 19.9. The number of benzene rings is 1. The molecule has 4 nitrogen and oxygen atoms in total. The van der Waals surface area contributed by atoms with Crippen LogP contribution in [0.1, 0.15) is 44.7 Å². The van der Waals surface area contributed by atoms with Crippen molar-refractivity contribution in [2.45, 2.75) is 57.6 Å². The molecule has 1 amide bonds. The number of nitrogens with two attached hydrogens (primary N) is 1. The molecule has 0 radical (unpaired) electrons.